The Kier molecular flexibility index (Phi) is 7.22. The zero-order chi connectivity index (χ0) is 18.4. The Balaban J connectivity index is 2.85. The second-order valence-electron chi connectivity index (χ2n) is 5.93. The molecule has 0 radical (unpaired) electrons. The third-order valence-corrected chi connectivity index (χ3v) is 5.38. The fourth-order valence-electron chi connectivity index (χ4n) is 2.84. The van der Waals surface area contributed by atoms with Crippen LogP contribution in [0, 0.1) is 5.41 Å². The van der Waals surface area contributed by atoms with Crippen LogP contribution in [0.4, 0.5) is 0 Å². The number of aliphatic imine (C=N–C) groups is 1. The van der Waals surface area contributed by atoms with Crippen molar-refractivity contribution in [3.05, 3.63) is 12.5 Å². The molecule has 0 aromatic carbocycles. The lowest BCUT2D eigenvalue weighted by atomic mass is 9.76. The summed E-state index contributed by atoms with van der Waals surface area (Å²) in [7, 11) is -3.59. The molecule has 1 fully saturated rings. The number of carboxylic acids is 1. The molecular weight excluding hydrogens is 336 g/mol. The van der Waals surface area contributed by atoms with E-state index in [9.17, 15) is 23.4 Å². The predicted molar refractivity (Wildman–Crippen MR) is 90.4 cm³/mol. The van der Waals surface area contributed by atoms with Gasteiger partial charge in [0.25, 0.3) is 0 Å². The predicted octanol–water partition coefficient (Wildman–Crippen LogP) is 1.75. The van der Waals surface area contributed by atoms with Crippen LogP contribution < -0.4 is 0 Å². The van der Waals surface area contributed by atoms with Crippen LogP contribution in [0.2, 0.25) is 0 Å². The van der Waals surface area contributed by atoms with Crippen LogP contribution in [-0.2, 0) is 19.6 Å². The first-order chi connectivity index (χ1) is 11.1. The van der Waals surface area contributed by atoms with Crippen LogP contribution in [0.3, 0.4) is 0 Å². The Morgan fingerprint density at radius 1 is 1.33 bits per heavy atom. The fourth-order valence-corrected chi connectivity index (χ4v) is 3.85. The molecule has 1 rings (SSSR count). The fraction of sp³-hybridized carbons (Fsp3) is 0.733. The van der Waals surface area contributed by atoms with E-state index >= 15 is 0 Å². The molecule has 24 heavy (non-hydrogen) atoms. The van der Waals surface area contributed by atoms with Crippen LogP contribution in [0.25, 0.3) is 0 Å². The lowest BCUT2D eigenvalue weighted by molar-refractivity contribution is -0.155. The molecule has 138 valence electrons. The van der Waals surface area contributed by atoms with Gasteiger partial charge in [-0.15, -0.1) is 0 Å². The molecule has 9 heteroatoms. The van der Waals surface area contributed by atoms with Crippen LogP contribution in [0.1, 0.15) is 39.0 Å². The maximum Gasteiger partial charge on any atom is 0.309 e. The number of carbonyl (C=O) groups is 1. The summed E-state index contributed by atoms with van der Waals surface area (Å²) in [5.74, 6) is -1.15. The Hall–Kier alpha value is -1.61. The molecule has 2 N–H and O–H groups in total. The van der Waals surface area contributed by atoms with E-state index in [1.165, 1.54) is 0 Å². The van der Waals surface area contributed by atoms with Gasteiger partial charge in [-0.25, -0.2) is 13.4 Å². The lowest BCUT2D eigenvalue weighted by Crippen LogP contribution is -2.40. The number of sulfonamides is 1. The maximum atomic E-state index is 12.0. The van der Waals surface area contributed by atoms with Crippen LogP contribution in [0.15, 0.2) is 17.5 Å². The van der Waals surface area contributed by atoms with Gasteiger partial charge in [-0.2, -0.15) is 0 Å². The minimum absolute atomic E-state index is 0.106. The number of aliphatic hydroxyl groups excluding tert-OH is 1. The quantitative estimate of drug-likeness (QED) is 0.386. The van der Waals surface area contributed by atoms with Crippen molar-refractivity contribution in [2.45, 2.75) is 39.0 Å². The van der Waals surface area contributed by atoms with Gasteiger partial charge in [0.15, 0.2) is 0 Å². The van der Waals surface area contributed by atoms with Gasteiger partial charge in [0, 0.05) is 26.2 Å². The van der Waals surface area contributed by atoms with Gasteiger partial charge in [0.05, 0.1) is 11.7 Å². The van der Waals surface area contributed by atoms with Crippen molar-refractivity contribution in [1.29, 1.82) is 0 Å². The molecule has 1 aliphatic rings. The SMILES string of the molecule is C=C(O)/N=C(\CC)N(CCCC1(C(=O)O)CCOCC1)S(C)(=O)=O. The largest absolute Gasteiger partial charge is 0.494 e. The molecule has 8 nitrogen and oxygen atoms in total. The van der Waals surface area contributed by atoms with E-state index in [0.29, 0.717) is 45.3 Å². The number of aliphatic hydroxyl groups is 1. The zero-order valence-corrected chi connectivity index (χ0v) is 15.0. The monoisotopic (exact) mass is 362 g/mol. The summed E-state index contributed by atoms with van der Waals surface area (Å²) in [5, 5.41) is 18.7. The number of aliphatic carboxylic acids is 1. The molecule has 0 bridgehead atoms. The molecule has 0 saturated carbocycles. The summed E-state index contributed by atoms with van der Waals surface area (Å²) < 4.78 is 30.3. The summed E-state index contributed by atoms with van der Waals surface area (Å²) in [5.41, 5.74) is -0.870. The number of rotatable bonds is 8. The van der Waals surface area contributed by atoms with E-state index in [4.69, 9.17) is 4.74 Å². The van der Waals surface area contributed by atoms with Crippen molar-refractivity contribution in [3.63, 3.8) is 0 Å². The average molecular weight is 362 g/mol. The Bertz CT molecular complexity index is 593. The molecule has 1 aliphatic heterocycles. The number of ether oxygens (including phenoxy) is 1. The highest BCUT2D eigenvalue weighted by Crippen LogP contribution is 2.35. The second-order valence-corrected chi connectivity index (χ2v) is 7.84. The lowest BCUT2D eigenvalue weighted by Gasteiger charge is -2.34. The Labute approximate surface area is 142 Å². The van der Waals surface area contributed by atoms with E-state index in [1.807, 2.05) is 0 Å². The second kappa shape index (κ2) is 8.48. The van der Waals surface area contributed by atoms with Gasteiger partial charge in [-0.05, 0) is 32.3 Å². The van der Waals surface area contributed by atoms with Crippen LogP contribution >= 0.6 is 0 Å². The highest BCUT2D eigenvalue weighted by molar-refractivity contribution is 7.88. The van der Waals surface area contributed by atoms with E-state index in [-0.39, 0.29) is 12.4 Å². The summed E-state index contributed by atoms with van der Waals surface area (Å²) in [6.45, 7) is 5.87. The molecule has 0 spiro atoms. The van der Waals surface area contributed by atoms with Gasteiger partial charge in [0.1, 0.15) is 5.84 Å². The highest BCUT2D eigenvalue weighted by atomic mass is 32.2. The molecule has 1 saturated heterocycles. The minimum atomic E-state index is -3.59. The molecule has 0 aromatic rings. The maximum absolute atomic E-state index is 12.0. The molecule has 0 unspecified atom stereocenters. The molecule has 0 aliphatic carbocycles. The normalized spacial score (nSPS) is 18.2. The van der Waals surface area contributed by atoms with Crippen molar-refractivity contribution in [2.24, 2.45) is 10.4 Å². The summed E-state index contributed by atoms with van der Waals surface area (Å²) in [6, 6.07) is 0. The van der Waals surface area contributed by atoms with E-state index in [2.05, 4.69) is 11.6 Å². The summed E-state index contributed by atoms with van der Waals surface area (Å²) >= 11 is 0. The van der Waals surface area contributed by atoms with Crippen LogP contribution in [0.5, 0.6) is 0 Å². The molecule has 0 amide bonds. The number of carboxylic acid groups (broad SMARTS) is 1. The Morgan fingerprint density at radius 3 is 2.33 bits per heavy atom. The molecule has 0 aromatic heterocycles. The number of hydrogen-bond acceptors (Lipinski definition) is 6. The standard InChI is InChI=1S/C15H26N2O6S/c1-4-13(16-12(2)18)17(24(3,21)22)9-5-6-15(14(19)20)7-10-23-11-8-15/h18H,2,4-11H2,1,3H3,(H,19,20)/b16-13+. The summed E-state index contributed by atoms with van der Waals surface area (Å²) in [4.78, 5) is 15.4. The minimum Gasteiger partial charge on any atom is -0.494 e. The van der Waals surface area contributed by atoms with Gasteiger partial charge in [0.2, 0.25) is 15.9 Å². The highest BCUT2D eigenvalue weighted by Gasteiger charge is 2.39. The third-order valence-electron chi connectivity index (χ3n) is 4.18. The topological polar surface area (TPSA) is 116 Å². The van der Waals surface area contributed by atoms with Crippen molar-refractivity contribution in [3.8, 4) is 0 Å². The van der Waals surface area contributed by atoms with Crippen molar-refractivity contribution in [1.82, 2.24) is 4.31 Å². The number of nitrogens with zero attached hydrogens (tertiary/aromatic N) is 2. The number of hydrogen-bond donors (Lipinski definition) is 2. The molecule has 1 heterocycles. The van der Waals surface area contributed by atoms with Gasteiger partial charge in [-0.3, -0.25) is 9.10 Å². The van der Waals surface area contributed by atoms with E-state index in [0.717, 1.165) is 10.6 Å². The van der Waals surface area contributed by atoms with Crippen LogP contribution in [-0.4, -0.2) is 60.8 Å². The van der Waals surface area contributed by atoms with Crippen molar-refractivity contribution < 1.29 is 28.2 Å². The average Bonchev–Trinajstić information content (AvgIpc) is 2.49. The van der Waals surface area contributed by atoms with Gasteiger partial charge < -0.3 is 14.9 Å². The van der Waals surface area contributed by atoms with Gasteiger partial charge in [-0.1, -0.05) is 6.92 Å². The molecular formula is C15H26N2O6S. The first-order valence-corrected chi connectivity index (χ1v) is 9.71. The summed E-state index contributed by atoms with van der Waals surface area (Å²) in [6.07, 6.45) is 2.92. The Morgan fingerprint density at radius 2 is 1.92 bits per heavy atom. The number of amidine groups is 1. The van der Waals surface area contributed by atoms with Crippen molar-refractivity contribution in [2.75, 3.05) is 26.0 Å². The zero-order valence-electron chi connectivity index (χ0n) is 14.2. The van der Waals surface area contributed by atoms with E-state index < -0.39 is 27.3 Å². The van der Waals surface area contributed by atoms with E-state index in [1.54, 1.807) is 6.92 Å². The van der Waals surface area contributed by atoms with Gasteiger partial charge >= 0.3 is 5.97 Å². The third kappa shape index (κ3) is 5.48. The van der Waals surface area contributed by atoms with Crippen molar-refractivity contribution >= 4 is 21.8 Å². The molecule has 0 atom stereocenters. The first kappa shape index (κ1) is 20.4. The first-order valence-electron chi connectivity index (χ1n) is 7.86. The smallest absolute Gasteiger partial charge is 0.309 e.